The second-order valence-corrected chi connectivity index (χ2v) is 9.08. The van der Waals surface area contributed by atoms with E-state index >= 15 is 0 Å². The van der Waals surface area contributed by atoms with Crippen LogP contribution in [-0.2, 0) is 19.1 Å². The number of hydrogen-bond donors (Lipinski definition) is 2. The van der Waals surface area contributed by atoms with Gasteiger partial charge in [0.2, 0.25) is 11.8 Å². The molecule has 0 aliphatic heterocycles. The Balaban J connectivity index is 5.80. The highest BCUT2D eigenvalue weighted by Gasteiger charge is 2.38. The summed E-state index contributed by atoms with van der Waals surface area (Å²) < 4.78 is 5.47. The number of nitrogens with one attached hydrogen (secondary N) is 1. The third-order valence-corrected chi connectivity index (χ3v) is 5.77. The average molecular weight is 430 g/mol. The zero-order chi connectivity index (χ0) is 23.8. The van der Waals surface area contributed by atoms with E-state index in [2.05, 4.69) is 5.32 Å². The number of carbonyl (C=O) groups excluding carboxylic acids is 2. The van der Waals surface area contributed by atoms with Crippen LogP contribution in [-0.4, -0.2) is 85.2 Å². The molecular formula is C22H43N3O5. The van der Waals surface area contributed by atoms with E-state index in [4.69, 9.17) is 4.74 Å². The summed E-state index contributed by atoms with van der Waals surface area (Å²) in [6, 6.07) is -1.48. The van der Waals surface area contributed by atoms with E-state index in [0.717, 1.165) is 6.42 Å². The van der Waals surface area contributed by atoms with Gasteiger partial charge in [0.15, 0.2) is 0 Å². The van der Waals surface area contributed by atoms with Crippen molar-refractivity contribution in [3.05, 3.63) is 0 Å². The van der Waals surface area contributed by atoms with Crippen molar-refractivity contribution in [2.24, 2.45) is 17.8 Å². The van der Waals surface area contributed by atoms with Crippen LogP contribution in [0, 0.1) is 17.8 Å². The van der Waals surface area contributed by atoms with E-state index in [1.807, 2.05) is 60.5 Å². The minimum Gasteiger partial charge on any atom is -0.481 e. The van der Waals surface area contributed by atoms with Crippen LogP contribution in [0.1, 0.15) is 54.4 Å². The van der Waals surface area contributed by atoms with Gasteiger partial charge in [0.25, 0.3) is 0 Å². The second-order valence-electron chi connectivity index (χ2n) is 9.08. The van der Waals surface area contributed by atoms with Gasteiger partial charge in [0.05, 0.1) is 24.6 Å². The molecule has 0 saturated carbocycles. The van der Waals surface area contributed by atoms with Gasteiger partial charge in [-0.25, -0.2) is 0 Å². The Hall–Kier alpha value is -1.67. The summed E-state index contributed by atoms with van der Waals surface area (Å²) in [5, 5.41) is 12.2. The minimum atomic E-state index is -0.976. The fraction of sp³-hybridized carbons (Fsp3) is 0.864. The first-order chi connectivity index (χ1) is 13.8. The number of carbonyl (C=O) groups is 3. The summed E-state index contributed by atoms with van der Waals surface area (Å²) in [4.78, 5) is 41.1. The molecule has 0 fully saturated rings. The summed E-state index contributed by atoms with van der Waals surface area (Å²) in [5.74, 6) is -1.42. The fourth-order valence-electron chi connectivity index (χ4n) is 4.01. The van der Waals surface area contributed by atoms with Crippen LogP contribution >= 0.6 is 0 Å². The molecule has 0 rings (SSSR count). The number of amides is 2. The number of carboxylic acids is 1. The molecule has 0 spiro atoms. The summed E-state index contributed by atoms with van der Waals surface area (Å²) in [6.07, 6.45) is -0.0749. The standard InChI is InChI=1S/C22H43N3O5/c1-11-15(6)20(16(30-10)12-17(26)27)25(9)22(29)18(13(2)3)23-21(28)19(14(4)5)24(7)8/h13-16,18-20H,11-12H2,1-10H3,(H,23,28)(H,26,27)/t15-,16+,18?,19-,20?/m0/s1. The molecule has 8 heteroatoms. The van der Waals surface area contributed by atoms with Gasteiger partial charge in [-0.1, -0.05) is 48.0 Å². The van der Waals surface area contributed by atoms with Crippen molar-refractivity contribution in [3.63, 3.8) is 0 Å². The van der Waals surface area contributed by atoms with Crippen molar-refractivity contribution in [2.45, 2.75) is 78.6 Å². The highest BCUT2D eigenvalue weighted by Crippen LogP contribution is 2.23. The van der Waals surface area contributed by atoms with Crippen molar-refractivity contribution in [1.82, 2.24) is 15.1 Å². The van der Waals surface area contributed by atoms with Crippen LogP contribution in [0.4, 0.5) is 0 Å². The fourth-order valence-corrected chi connectivity index (χ4v) is 4.01. The van der Waals surface area contributed by atoms with Crippen LogP contribution in [0.3, 0.4) is 0 Å². The van der Waals surface area contributed by atoms with Gasteiger partial charge in [-0.15, -0.1) is 0 Å². The zero-order valence-electron chi connectivity index (χ0n) is 20.4. The maximum atomic E-state index is 13.4. The van der Waals surface area contributed by atoms with Gasteiger partial charge in [0, 0.05) is 14.2 Å². The van der Waals surface area contributed by atoms with Gasteiger partial charge in [0.1, 0.15) is 6.04 Å². The van der Waals surface area contributed by atoms with Crippen LogP contribution in [0.5, 0.6) is 0 Å². The normalized spacial score (nSPS) is 16.8. The van der Waals surface area contributed by atoms with Gasteiger partial charge in [-0.2, -0.15) is 0 Å². The lowest BCUT2D eigenvalue weighted by atomic mass is 9.90. The molecule has 0 aromatic rings. The van der Waals surface area contributed by atoms with E-state index in [-0.39, 0.29) is 42.0 Å². The van der Waals surface area contributed by atoms with Gasteiger partial charge in [-0.3, -0.25) is 19.3 Å². The topological polar surface area (TPSA) is 99.2 Å². The highest BCUT2D eigenvalue weighted by atomic mass is 16.5. The molecule has 0 bridgehead atoms. The van der Waals surface area contributed by atoms with Crippen molar-refractivity contribution >= 4 is 17.8 Å². The van der Waals surface area contributed by atoms with Crippen LogP contribution < -0.4 is 5.32 Å². The zero-order valence-corrected chi connectivity index (χ0v) is 20.4. The van der Waals surface area contributed by atoms with E-state index < -0.39 is 24.2 Å². The number of likely N-dealkylation sites (N-methyl/N-ethyl adjacent to an activating group) is 2. The second kappa shape index (κ2) is 12.9. The molecule has 176 valence electrons. The minimum absolute atomic E-state index is 0.0250. The smallest absolute Gasteiger partial charge is 0.306 e. The molecule has 2 N–H and O–H groups in total. The molecule has 0 aliphatic carbocycles. The van der Waals surface area contributed by atoms with Gasteiger partial charge in [-0.05, 0) is 31.8 Å². The number of methoxy groups -OCH3 is 1. The SMILES string of the molecule is CC[C@H](C)C([C@@H](CC(=O)O)OC)N(C)C(=O)C(NC(=O)[C@H](C(C)C)N(C)C)C(C)C. The van der Waals surface area contributed by atoms with E-state index in [0.29, 0.717) is 0 Å². The number of hydrogen-bond acceptors (Lipinski definition) is 5. The molecule has 0 heterocycles. The lowest BCUT2D eigenvalue weighted by Crippen LogP contribution is -2.59. The third-order valence-electron chi connectivity index (χ3n) is 5.77. The summed E-state index contributed by atoms with van der Waals surface area (Å²) >= 11 is 0. The van der Waals surface area contributed by atoms with Crippen LogP contribution in [0.25, 0.3) is 0 Å². The molecular weight excluding hydrogens is 386 g/mol. The Morgan fingerprint density at radius 2 is 1.53 bits per heavy atom. The molecule has 0 aliphatic rings. The van der Waals surface area contributed by atoms with E-state index in [9.17, 15) is 19.5 Å². The summed E-state index contributed by atoms with van der Waals surface area (Å²) in [6.45, 7) is 11.7. The maximum Gasteiger partial charge on any atom is 0.306 e. The third kappa shape index (κ3) is 7.87. The summed E-state index contributed by atoms with van der Waals surface area (Å²) in [7, 11) is 6.82. The Bertz CT molecular complexity index is 557. The number of nitrogens with zero attached hydrogens (tertiary/aromatic N) is 2. The first kappa shape index (κ1) is 28.3. The summed E-state index contributed by atoms with van der Waals surface area (Å²) in [5.41, 5.74) is 0. The largest absolute Gasteiger partial charge is 0.481 e. The average Bonchev–Trinajstić information content (AvgIpc) is 2.63. The quantitative estimate of drug-likeness (QED) is 0.465. The maximum absolute atomic E-state index is 13.4. The van der Waals surface area contributed by atoms with Gasteiger partial charge >= 0.3 is 5.97 Å². The Morgan fingerprint density at radius 3 is 1.87 bits per heavy atom. The molecule has 5 atom stereocenters. The Labute approximate surface area is 182 Å². The Morgan fingerprint density at radius 1 is 1.00 bits per heavy atom. The first-order valence-electron chi connectivity index (χ1n) is 10.8. The number of carboxylic acid groups (broad SMARTS) is 1. The molecule has 2 unspecified atom stereocenters. The number of ether oxygens (including phenoxy) is 1. The molecule has 0 aromatic heterocycles. The number of rotatable bonds is 13. The highest BCUT2D eigenvalue weighted by molar-refractivity contribution is 5.90. The lowest BCUT2D eigenvalue weighted by molar-refractivity contribution is -0.148. The molecule has 30 heavy (non-hydrogen) atoms. The Kier molecular flexibility index (Phi) is 12.2. The molecule has 0 radical (unpaired) electrons. The molecule has 0 aromatic carbocycles. The lowest BCUT2D eigenvalue weighted by Gasteiger charge is -2.40. The van der Waals surface area contributed by atoms with Crippen LogP contribution in [0.2, 0.25) is 0 Å². The van der Waals surface area contributed by atoms with Gasteiger partial charge < -0.3 is 20.1 Å². The molecule has 2 amide bonds. The predicted octanol–water partition coefficient (Wildman–Crippen LogP) is 2.08. The predicted molar refractivity (Wildman–Crippen MR) is 118 cm³/mol. The number of aliphatic carboxylic acids is 1. The monoisotopic (exact) mass is 429 g/mol. The molecule has 0 saturated heterocycles. The van der Waals surface area contributed by atoms with E-state index in [1.165, 1.54) is 7.11 Å². The first-order valence-corrected chi connectivity index (χ1v) is 10.8. The van der Waals surface area contributed by atoms with Crippen LogP contribution in [0.15, 0.2) is 0 Å². The van der Waals surface area contributed by atoms with Crippen molar-refractivity contribution in [1.29, 1.82) is 0 Å². The van der Waals surface area contributed by atoms with Crippen molar-refractivity contribution in [2.75, 3.05) is 28.3 Å². The molecule has 8 nitrogen and oxygen atoms in total. The van der Waals surface area contributed by atoms with Crippen molar-refractivity contribution < 1.29 is 24.2 Å². The van der Waals surface area contributed by atoms with Crippen molar-refractivity contribution in [3.8, 4) is 0 Å². The van der Waals surface area contributed by atoms with E-state index in [1.54, 1.807) is 11.9 Å².